The number of halogens is 1. The number of hydrogen-bond acceptors (Lipinski definition) is 2. The number of nitrogens with one attached hydrogen (secondary N) is 2. The number of fused-ring (bicyclic) bond motifs is 1. The average Bonchev–Trinajstić information content (AvgIpc) is 2.56. The molecule has 0 aliphatic heterocycles. The Kier molecular flexibility index (Phi) is 4.37. The van der Waals surface area contributed by atoms with Gasteiger partial charge in [-0.25, -0.2) is 5.43 Å². The minimum atomic E-state index is -0.169. The van der Waals surface area contributed by atoms with Crippen molar-refractivity contribution in [2.24, 2.45) is 0 Å². The Balaban J connectivity index is 1.65. The fraction of sp³-hybridized carbons (Fsp3) is 0.0556. The van der Waals surface area contributed by atoms with Crippen LogP contribution in [0.3, 0.4) is 0 Å². The molecule has 0 spiro atoms. The molecule has 0 aliphatic carbocycles. The summed E-state index contributed by atoms with van der Waals surface area (Å²) in [7, 11) is 0. The van der Waals surface area contributed by atoms with Crippen molar-refractivity contribution in [2.75, 3.05) is 0 Å². The van der Waals surface area contributed by atoms with Crippen LogP contribution in [0.5, 0.6) is 0 Å². The maximum Gasteiger partial charge on any atom is 0.265 e. The molecule has 0 bridgehead atoms. The van der Waals surface area contributed by atoms with Gasteiger partial charge in [-0.2, -0.15) is 0 Å². The standard InChI is InChI=1S/C18H15ClN2O/c19-17-8-4-3-7-16(17)12-20-21-18(22)15-10-9-13-5-1-2-6-14(13)11-15/h1-11,20H,12H2,(H,21,22). The first kappa shape index (κ1) is 14.6. The summed E-state index contributed by atoms with van der Waals surface area (Å²) < 4.78 is 0. The fourth-order valence-corrected chi connectivity index (χ4v) is 2.47. The summed E-state index contributed by atoms with van der Waals surface area (Å²) in [6.07, 6.45) is 0. The summed E-state index contributed by atoms with van der Waals surface area (Å²) in [4.78, 5) is 12.2. The van der Waals surface area contributed by atoms with Gasteiger partial charge in [0.15, 0.2) is 0 Å². The molecule has 4 heteroatoms. The quantitative estimate of drug-likeness (QED) is 0.717. The molecule has 0 aromatic heterocycles. The van der Waals surface area contributed by atoms with Crippen LogP contribution in [0.2, 0.25) is 5.02 Å². The molecule has 0 atom stereocenters. The Labute approximate surface area is 133 Å². The van der Waals surface area contributed by atoms with Crippen LogP contribution >= 0.6 is 11.6 Å². The molecule has 0 radical (unpaired) electrons. The maximum absolute atomic E-state index is 12.2. The van der Waals surface area contributed by atoms with Crippen molar-refractivity contribution in [3.8, 4) is 0 Å². The largest absolute Gasteiger partial charge is 0.287 e. The van der Waals surface area contributed by atoms with Gasteiger partial charge in [-0.05, 0) is 34.5 Å². The van der Waals surface area contributed by atoms with E-state index < -0.39 is 0 Å². The van der Waals surface area contributed by atoms with Gasteiger partial charge in [0.2, 0.25) is 0 Å². The molecule has 0 saturated heterocycles. The van der Waals surface area contributed by atoms with E-state index in [0.717, 1.165) is 16.3 Å². The summed E-state index contributed by atoms with van der Waals surface area (Å²) in [5.74, 6) is -0.169. The normalized spacial score (nSPS) is 10.6. The van der Waals surface area contributed by atoms with Gasteiger partial charge in [-0.3, -0.25) is 10.2 Å². The van der Waals surface area contributed by atoms with Gasteiger partial charge in [-0.1, -0.05) is 60.1 Å². The summed E-state index contributed by atoms with van der Waals surface area (Å²) in [5, 5.41) is 2.83. The predicted octanol–water partition coefficient (Wildman–Crippen LogP) is 3.93. The van der Waals surface area contributed by atoms with E-state index >= 15 is 0 Å². The smallest absolute Gasteiger partial charge is 0.265 e. The number of hydrazine groups is 1. The molecule has 0 heterocycles. The average molecular weight is 311 g/mol. The molecule has 110 valence electrons. The first-order valence-electron chi connectivity index (χ1n) is 6.99. The van der Waals surface area contributed by atoms with Crippen LogP contribution in [0, 0.1) is 0 Å². The SMILES string of the molecule is O=C(NNCc1ccccc1Cl)c1ccc2ccccc2c1. The molecule has 0 fully saturated rings. The Morgan fingerprint density at radius 2 is 1.64 bits per heavy atom. The van der Waals surface area contributed by atoms with Crippen molar-refractivity contribution in [1.82, 2.24) is 10.9 Å². The molecule has 22 heavy (non-hydrogen) atoms. The third-order valence-electron chi connectivity index (χ3n) is 3.45. The van der Waals surface area contributed by atoms with Gasteiger partial charge in [-0.15, -0.1) is 0 Å². The number of benzene rings is 3. The van der Waals surface area contributed by atoms with E-state index in [4.69, 9.17) is 11.6 Å². The Bertz CT molecular complexity index is 817. The van der Waals surface area contributed by atoms with Gasteiger partial charge < -0.3 is 0 Å². The third kappa shape index (κ3) is 3.27. The van der Waals surface area contributed by atoms with Crippen LogP contribution in [0.15, 0.2) is 66.7 Å². The number of carbonyl (C=O) groups is 1. The summed E-state index contributed by atoms with van der Waals surface area (Å²) in [6, 6.07) is 21.1. The van der Waals surface area contributed by atoms with Crippen molar-refractivity contribution in [1.29, 1.82) is 0 Å². The minimum Gasteiger partial charge on any atom is -0.287 e. The Hall–Kier alpha value is -2.36. The Morgan fingerprint density at radius 3 is 2.45 bits per heavy atom. The number of carbonyl (C=O) groups excluding carboxylic acids is 1. The first-order valence-corrected chi connectivity index (χ1v) is 7.37. The molecule has 0 unspecified atom stereocenters. The van der Waals surface area contributed by atoms with Crippen molar-refractivity contribution in [3.05, 3.63) is 82.9 Å². The second-order valence-electron chi connectivity index (χ2n) is 4.96. The molecule has 3 rings (SSSR count). The molecule has 0 saturated carbocycles. The van der Waals surface area contributed by atoms with Crippen LogP contribution in [0.25, 0.3) is 10.8 Å². The van der Waals surface area contributed by atoms with E-state index in [0.29, 0.717) is 17.1 Å². The first-order chi connectivity index (χ1) is 10.7. The molecular weight excluding hydrogens is 296 g/mol. The van der Waals surface area contributed by atoms with Crippen molar-refractivity contribution < 1.29 is 4.79 Å². The lowest BCUT2D eigenvalue weighted by atomic mass is 10.1. The Morgan fingerprint density at radius 1 is 0.909 bits per heavy atom. The second-order valence-corrected chi connectivity index (χ2v) is 5.37. The van der Waals surface area contributed by atoms with Crippen LogP contribution in [-0.4, -0.2) is 5.91 Å². The summed E-state index contributed by atoms with van der Waals surface area (Å²) >= 11 is 6.07. The minimum absolute atomic E-state index is 0.169. The summed E-state index contributed by atoms with van der Waals surface area (Å²) in [5.41, 5.74) is 7.15. The number of hydrogen-bond donors (Lipinski definition) is 2. The zero-order valence-corrected chi connectivity index (χ0v) is 12.6. The van der Waals surface area contributed by atoms with Gasteiger partial charge in [0.05, 0.1) is 0 Å². The van der Waals surface area contributed by atoms with Gasteiger partial charge in [0.1, 0.15) is 0 Å². The summed E-state index contributed by atoms with van der Waals surface area (Å²) in [6.45, 7) is 0.471. The van der Waals surface area contributed by atoms with E-state index in [1.54, 1.807) is 0 Å². The van der Waals surface area contributed by atoms with Gasteiger partial charge in [0.25, 0.3) is 5.91 Å². The number of rotatable bonds is 4. The second kappa shape index (κ2) is 6.60. The molecule has 2 N–H and O–H groups in total. The molecule has 0 aliphatic rings. The van der Waals surface area contributed by atoms with Crippen LogP contribution in [0.4, 0.5) is 0 Å². The van der Waals surface area contributed by atoms with E-state index in [2.05, 4.69) is 10.9 Å². The van der Waals surface area contributed by atoms with Crippen molar-refractivity contribution >= 4 is 28.3 Å². The monoisotopic (exact) mass is 310 g/mol. The zero-order chi connectivity index (χ0) is 15.4. The van der Waals surface area contributed by atoms with Crippen LogP contribution in [-0.2, 0) is 6.54 Å². The molecule has 3 nitrogen and oxygen atoms in total. The van der Waals surface area contributed by atoms with Crippen LogP contribution in [0.1, 0.15) is 15.9 Å². The highest BCUT2D eigenvalue weighted by atomic mass is 35.5. The maximum atomic E-state index is 12.2. The van der Waals surface area contributed by atoms with E-state index in [1.807, 2.05) is 66.7 Å². The van der Waals surface area contributed by atoms with E-state index in [1.165, 1.54) is 0 Å². The molecule has 3 aromatic rings. The van der Waals surface area contributed by atoms with E-state index in [9.17, 15) is 4.79 Å². The van der Waals surface area contributed by atoms with Crippen LogP contribution < -0.4 is 10.9 Å². The third-order valence-corrected chi connectivity index (χ3v) is 3.82. The molecule has 3 aromatic carbocycles. The predicted molar refractivity (Wildman–Crippen MR) is 89.7 cm³/mol. The topological polar surface area (TPSA) is 41.1 Å². The van der Waals surface area contributed by atoms with Gasteiger partial charge in [0, 0.05) is 17.1 Å². The van der Waals surface area contributed by atoms with Gasteiger partial charge >= 0.3 is 0 Å². The van der Waals surface area contributed by atoms with E-state index in [-0.39, 0.29) is 5.91 Å². The highest BCUT2D eigenvalue weighted by molar-refractivity contribution is 6.31. The van der Waals surface area contributed by atoms with Crippen molar-refractivity contribution in [2.45, 2.75) is 6.54 Å². The highest BCUT2D eigenvalue weighted by Crippen LogP contribution is 2.16. The zero-order valence-electron chi connectivity index (χ0n) is 11.8. The number of amides is 1. The highest BCUT2D eigenvalue weighted by Gasteiger charge is 2.06. The molecular formula is C18H15ClN2O. The lowest BCUT2D eigenvalue weighted by Crippen LogP contribution is -2.36. The fourth-order valence-electron chi connectivity index (χ4n) is 2.26. The lowest BCUT2D eigenvalue weighted by molar-refractivity contribution is 0.0932. The van der Waals surface area contributed by atoms with Crippen molar-refractivity contribution in [3.63, 3.8) is 0 Å². The lowest BCUT2D eigenvalue weighted by Gasteiger charge is -2.09. The molecule has 1 amide bonds.